The van der Waals surface area contributed by atoms with Crippen LogP contribution in [0.5, 0.6) is 0 Å². The predicted octanol–water partition coefficient (Wildman–Crippen LogP) is 2.81. The van der Waals surface area contributed by atoms with Gasteiger partial charge in [-0.15, -0.1) is 0 Å². The highest BCUT2D eigenvalue weighted by molar-refractivity contribution is 14.1. The maximum atomic E-state index is 12.8. The molecule has 1 N–H and O–H groups in total. The lowest BCUT2D eigenvalue weighted by Crippen LogP contribution is -2.42. The van der Waals surface area contributed by atoms with Crippen LogP contribution in [-0.2, 0) is 0 Å². The number of aryl methyl sites for hydroxylation is 1. The molecule has 1 unspecified atom stereocenters. The van der Waals surface area contributed by atoms with Crippen LogP contribution in [-0.4, -0.2) is 36.5 Å². The molecule has 1 heterocycles. The maximum absolute atomic E-state index is 12.8. The van der Waals surface area contributed by atoms with Gasteiger partial charge in [0, 0.05) is 22.7 Å². The molecule has 19 heavy (non-hydrogen) atoms. The van der Waals surface area contributed by atoms with Crippen LogP contribution in [0.3, 0.4) is 0 Å². The van der Waals surface area contributed by atoms with E-state index in [9.17, 15) is 4.79 Å². The lowest BCUT2D eigenvalue weighted by molar-refractivity contribution is 0.0691. The molecular formula is C15H21IN2O. The SMILES string of the molecule is CCCN(C(=O)c1cccc(C)c1I)C1CCNC1. The van der Waals surface area contributed by atoms with Gasteiger partial charge in [-0.05, 0) is 60.5 Å². The van der Waals surface area contributed by atoms with Gasteiger partial charge < -0.3 is 10.2 Å². The number of hydrogen-bond acceptors (Lipinski definition) is 2. The third-order valence-corrected chi connectivity index (χ3v) is 5.05. The molecule has 1 amide bonds. The fourth-order valence-corrected chi connectivity index (χ4v) is 3.15. The van der Waals surface area contributed by atoms with Gasteiger partial charge in [-0.1, -0.05) is 19.1 Å². The topological polar surface area (TPSA) is 32.3 Å². The highest BCUT2D eigenvalue weighted by Gasteiger charge is 2.27. The zero-order valence-corrected chi connectivity index (χ0v) is 13.7. The summed E-state index contributed by atoms with van der Waals surface area (Å²) in [5, 5.41) is 3.35. The summed E-state index contributed by atoms with van der Waals surface area (Å²) in [6.07, 6.45) is 2.07. The highest BCUT2D eigenvalue weighted by atomic mass is 127. The Bertz CT molecular complexity index is 455. The van der Waals surface area contributed by atoms with E-state index in [-0.39, 0.29) is 5.91 Å². The first-order valence-corrected chi connectivity index (χ1v) is 7.99. The number of carbonyl (C=O) groups is 1. The van der Waals surface area contributed by atoms with Gasteiger partial charge in [0.15, 0.2) is 0 Å². The Morgan fingerprint density at radius 1 is 1.53 bits per heavy atom. The quantitative estimate of drug-likeness (QED) is 0.825. The number of nitrogens with one attached hydrogen (secondary N) is 1. The van der Waals surface area contributed by atoms with E-state index < -0.39 is 0 Å². The largest absolute Gasteiger partial charge is 0.334 e. The van der Waals surface area contributed by atoms with E-state index in [0.717, 1.165) is 41.6 Å². The average Bonchev–Trinajstić information content (AvgIpc) is 2.92. The monoisotopic (exact) mass is 372 g/mol. The van der Waals surface area contributed by atoms with Crippen molar-refractivity contribution in [3.63, 3.8) is 0 Å². The molecule has 1 aliphatic rings. The van der Waals surface area contributed by atoms with Crippen molar-refractivity contribution in [1.82, 2.24) is 10.2 Å². The van der Waals surface area contributed by atoms with E-state index in [1.807, 2.05) is 12.1 Å². The van der Waals surface area contributed by atoms with Gasteiger partial charge in [0.1, 0.15) is 0 Å². The van der Waals surface area contributed by atoms with Crippen molar-refractivity contribution in [2.24, 2.45) is 0 Å². The molecule has 1 aromatic carbocycles. The van der Waals surface area contributed by atoms with Crippen LogP contribution in [0.4, 0.5) is 0 Å². The molecule has 1 atom stereocenters. The summed E-state index contributed by atoms with van der Waals surface area (Å²) in [5.41, 5.74) is 2.02. The maximum Gasteiger partial charge on any atom is 0.255 e. The van der Waals surface area contributed by atoms with Gasteiger partial charge in [0.25, 0.3) is 5.91 Å². The van der Waals surface area contributed by atoms with Crippen LogP contribution in [0, 0.1) is 10.5 Å². The Hall–Kier alpha value is -0.620. The summed E-state index contributed by atoms with van der Waals surface area (Å²) < 4.78 is 1.08. The van der Waals surface area contributed by atoms with Crippen molar-refractivity contribution in [1.29, 1.82) is 0 Å². The molecule has 0 aromatic heterocycles. The fraction of sp³-hybridized carbons (Fsp3) is 0.533. The van der Waals surface area contributed by atoms with Gasteiger partial charge >= 0.3 is 0 Å². The summed E-state index contributed by atoms with van der Waals surface area (Å²) in [6.45, 7) is 6.97. The first-order chi connectivity index (χ1) is 9.15. The minimum Gasteiger partial charge on any atom is -0.334 e. The number of amides is 1. The molecule has 0 spiro atoms. The minimum atomic E-state index is 0.184. The van der Waals surface area contributed by atoms with Gasteiger partial charge in [-0.25, -0.2) is 0 Å². The zero-order valence-electron chi connectivity index (χ0n) is 11.6. The number of halogens is 1. The molecule has 3 nitrogen and oxygen atoms in total. The van der Waals surface area contributed by atoms with Crippen LogP contribution in [0.2, 0.25) is 0 Å². The average molecular weight is 372 g/mol. The Morgan fingerprint density at radius 3 is 2.95 bits per heavy atom. The van der Waals surface area contributed by atoms with E-state index in [1.165, 1.54) is 5.56 Å². The van der Waals surface area contributed by atoms with Gasteiger partial charge in [0.05, 0.1) is 5.56 Å². The number of hydrogen-bond donors (Lipinski definition) is 1. The molecule has 1 fully saturated rings. The third-order valence-electron chi connectivity index (χ3n) is 3.62. The molecule has 2 rings (SSSR count). The zero-order chi connectivity index (χ0) is 13.8. The van der Waals surface area contributed by atoms with Crippen molar-refractivity contribution >= 4 is 28.5 Å². The summed E-state index contributed by atoms with van der Waals surface area (Å²) >= 11 is 2.28. The number of benzene rings is 1. The Kier molecular flexibility index (Phi) is 5.21. The van der Waals surface area contributed by atoms with Crippen LogP contribution in [0.15, 0.2) is 18.2 Å². The molecule has 1 aromatic rings. The lowest BCUT2D eigenvalue weighted by Gasteiger charge is -2.28. The van der Waals surface area contributed by atoms with E-state index in [4.69, 9.17) is 0 Å². The molecule has 104 valence electrons. The normalized spacial score (nSPS) is 18.6. The number of rotatable bonds is 4. The number of carbonyl (C=O) groups excluding carboxylic acids is 1. The molecule has 0 bridgehead atoms. The molecule has 0 saturated carbocycles. The summed E-state index contributed by atoms with van der Waals surface area (Å²) in [7, 11) is 0. The molecular weight excluding hydrogens is 351 g/mol. The van der Waals surface area contributed by atoms with Crippen molar-refractivity contribution in [2.45, 2.75) is 32.7 Å². The summed E-state index contributed by atoms with van der Waals surface area (Å²) in [4.78, 5) is 14.8. The fourth-order valence-electron chi connectivity index (χ4n) is 2.56. The van der Waals surface area contributed by atoms with Crippen molar-refractivity contribution in [3.8, 4) is 0 Å². The Balaban J connectivity index is 2.25. The van der Waals surface area contributed by atoms with Gasteiger partial charge in [-0.2, -0.15) is 0 Å². The van der Waals surface area contributed by atoms with Crippen LogP contribution in [0.1, 0.15) is 35.7 Å². The second-order valence-electron chi connectivity index (χ2n) is 5.08. The Morgan fingerprint density at radius 2 is 2.32 bits per heavy atom. The van der Waals surface area contributed by atoms with E-state index >= 15 is 0 Å². The minimum absolute atomic E-state index is 0.184. The molecule has 1 aliphatic heterocycles. The first kappa shape index (κ1) is 14.8. The van der Waals surface area contributed by atoms with E-state index in [0.29, 0.717) is 6.04 Å². The van der Waals surface area contributed by atoms with Crippen LogP contribution >= 0.6 is 22.6 Å². The van der Waals surface area contributed by atoms with Crippen LogP contribution in [0.25, 0.3) is 0 Å². The number of nitrogens with zero attached hydrogens (tertiary/aromatic N) is 1. The van der Waals surface area contributed by atoms with Crippen molar-refractivity contribution in [2.75, 3.05) is 19.6 Å². The first-order valence-electron chi connectivity index (χ1n) is 6.92. The van der Waals surface area contributed by atoms with Gasteiger partial charge in [0.2, 0.25) is 0 Å². The second kappa shape index (κ2) is 6.70. The standard InChI is InChI=1S/C15H21IN2O/c1-3-9-18(12-7-8-17-10-12)15(19)13-6-4-5-11(2)14(13)16/h4-6,12,17H,3,7-10H2,1-2H3. The van der Waals surface area contributed by atoms with Crippen molar-refractivity contribution < 1.29 is 4.79 Å². The van der Waals surface area contributed by atoms with E-state index in [2.05, 4.69) is 52.7 Å². The smallest absolute Gasteiger partial charge is 0.255 e. The lowest BCUT2D eigenvalue weighted by atomic mass is 10.1. The summed E-state index contributed by atoms with van der Waals surface area (Å²) in [5.74, 6) is 0.184. The molecule has 0 radical (unpaired) electrons. The Labute approximate surface area is 128 Å². The molecule has 1 saturated heterocycles. The third kappa shape index (κ3) is 3.28. The highest BCUT2D eigenvalue weighted by Crippen LogP contribution is 2.21. The second-order valence-corrected chi connectivity index (χ2v) is 6.16. The summed E-state index contributed by atoms with van der Waals surface area (Å²) in [6, 6.07) is 6.33. The van der Waals surface area contributed by atoms with E-state index in [1.54, 1.807) is 0 Å². The molecule has 0 aliphatic carbocycles. The predicted molar refractivity (Wildman–Crippen MR) is 86.5 cm³/mol. The molecule has 4 heteroatoms. The van der Waals surface area contributed by atoms with Crippen molar-refractivity contribution in [3.05, 3.63) is 32.9 Å². The van der Waals surface area contributed by atoms with Gasteiger partial charge in [-0.3, -0.25) is 4.79 Å². The van der Waals surface area contributed by atoms with Crippen LogP contribution < -0.4 is 5.32 Å².